The van der Waals surface area contributed by atoms with E-state index >= 15 is 0 Å². The molecule has 8 atom stereocenters. The minimum absolute atomic E-state index is 0.00581. The van der Waals surface area contributed by atoms with Gasteiger partial charge in [-0.05, 0) is 109 Å². The van der Waals surface area contributed by atoms with E-state index in [0.717, 1.165) is 25.7 Å². The third-order valence-electron chi connectivity index (χ3n) is 12.9. The predicted octanol–water partition coefficient (Wildman–Crippen LogP) is 7.35. The highest BCUT2D eigenvalue weighted by molar-refractivity contribution is 5.63. The number of rotatable bonds is 1. The Morgan fingerprint density at radius 2 is 1.56 bits per heavy atom. The number of hydrogen-bond acceptors (Lipinski definition) is 2. The third-order valence-corrected chi connectivity index (χ3v) is 12.9. The van der Waals surface area contributed by atoms with Gasteiger partial charge in [0, 0.05) is 5.41 Å². The van der Waals surface area contributed by atoms with Crippen LogP contribution in [0.1, 0.15) is 113 Å². The summed E-state index contributed by atoms with van der Waals surface area (Å²) in [6.45, 7) is 17.3. The fraction of sp³-hybridized carbons (Fsp3) is 0.900. The predicted molar refractivity (Wildman–Crippen MR) is 131 cm³/mol. The largest absolute Gasteiger partial charge is 0.393 e. The SMILES string of the molecule is CC1(C)CC[C@]2(C=O)CC[C@]3(C)C(=CC[C@@H]4[C@@]5(C)CC[C@H](O)C(C)(C)[C@@H]5CC[C@]43C)[C@@H]2C1. The highest BCUT2D eigenvalue weighted by atomic mass is 16.3. The van der Waals surface area contributed by atoms with Crippen molar-refractivity contribution in [1.82, 2.24) is 0 Å². The van der Waals surface area contributed by atoms with E-state index < -0.39 is 0 Å². The van der Waals surface area contributed by atoms with Gasteiger partial charge in [0.25, 0.3) is 0 Å². The molecular weight excluding hydrogens is 392 g/mol. The van der Waals surface area contributed by atoms with Gasteiger partial charge in [0.2, 0.25) is 0 Å². The summed E-state index contributed by atoms with van der Waals surface area (Å²) in [6, 6.07) is 0. The zero-order chi connectivity index (χ0) is 23.4. The van der Waals surface area contributed by atoms with Crippen molar-refractivity contribution in [2.75, 3.05) is 0 Å². The lowest BCUT2D eigenvalue weighted by molar-refractivity contribution is -0.202. The van der Waals surface area contributed by atoms with Gasteiger partial charge in [-0.3, -0.25) is 0 Å². The van der Waals surface area contributed by atoms with Crippen LogP contribution in [0.4, 0.5) is 0 Å². The number of hydrogen-bond donors (Lipinski definition) is 1. The summed E-state index contributed by atoms with van der Waals surface area (Å²) in [5, 5.41) is 10.9. The van der Waals surface area contributed by atoms with E-state index in [2.05, 4.69) is 54.5 Å². The Hall–Kier alpha value is -0.630. The molecule has 2 nitrogen and oxygen atoms in total. The zero-order valence-corrected chi connectivity index (χ0v) is 21.9. The third kappa shape index (κ3) is 2.71. The van der Waals surface area contributed by atoms with Crippen LogP contribution in [-0.4, -0.2) is 17.5 Å². The van der Waals surface area contributed by atoms with Crippen molar-refractivity contribution < 1.29 is 9.90 Å². The molecule has 0 aromatic heterocycles. The topological polar surface area (TPSA) is 37.3 Å². The van der Waals surface area contributed by atoms with E-state index in [1.54, 1.807) is 5.57 Å². The molecule has 5 aliphatic carbocycles. The van der Waals surface area contributed by atoms with Crippen LogP contribution in [0.3, 0.4) is 0 Å². The molecule has 5 aliphatic rings. The summed E-state index contributed by atoms with van der Waals surface area (Å²) in [4.78, 5) is 12.6. The summed E-state index contributed by atoms with van der Waals surface area (Å²) in [5.41, 5.74) is 2.69. The van der Waals surface area contributed by atoms with Crippen LogP contribution in [0.2, 0.25) is 0 Å². The molecule has 2 heteroatoms. The van der Waals surface area contributed by atoms with Crippen LogP contribution in [0.25, 0.3) is 0 Å². The zero-order valence-electron chi connectivity index (χ0n) is 21.9. The molecule has 0 heterocycles. The molecule has 0 bridgehead atoms. The van der Waals surface area contributed by atoms with Crippen molar-refractivity contribution in [3.05, 3.63) is 11.6 Å². The van der Waals surface area contributed by atoms with Crippen LogP contribution in [-0.2, 0) is 4.79 Å². The van der Waals surface area contributed by atoms with Gasteiger partial charge in [0.15, 0.2) is 0 Å². The standard InChI is InChI=1S/C30H48O2/c1-25(2)14-16-30(19-31)17-15-28(6)20(21(30)18-25)8-9-23-27(5)12-11-24(32)26(3,4)22(27)10-13-29(23,28)7/h8,19,21-24,32H,9-18H2,1-7H3/t21-,22-,23+,24-,27-,28+,29+,30+/m0/s1. The Labute approximate surface area is 197 Å². The smallest absolute Gasteiger partial charge is 0.126 e. The molecule has 5 rings (SSSR count). The molecule has 0 radical (unpaired) electrons. The number of allylic oxidation sites excluding steroid dienone is 2. The van der Waals surface area contributed by atoms with Gasteiger partial charge in [-0.1, -0.05) is 60.1 Å². The van der Waals surface area contributed by atoms with Crippen LogP contribution >= 0.6 is 0 Å². The number of aldehydes is 1. The quantitative estimate of drug-likeness (QED) is 0.342. The van der Waals surface area contributed by atoms with Crippen LogP contribution < -0.4 is 0 Å². The highest BCUT2D eigenvalue weighted by Crippen LogP contribution is 2.75. The van der Waals surface area contributed by atoms with E-state index in [-0.39, 0.29) is 27.8 Å². The normalized spacial score (nSPS) is 53.7. The van der Waals surface area contributed by atoms with Gasteiger partial charge in [0.05, 0.1) is 6.10 Å². The first-order valence-electron chi connectivity index (χ1n) is 13.6. The molecule has 1 N–H and O–H groups in total. The molecule has 0 saturated heterocycles. The van der Waals surface area contributed by atoms with Gasteiger partial charge in [-0.25, -0.2) is 0 Å². The summed E-state index contributed by atoms with van der Waals surface area (Å²) < 4.78 is 0. The van der Waals surface area contributed by atoms with E-state index in [9.17, 15) is 9.90 Å². The second-order valence-electron chi connectivity index (χ2n) is 14.9. The number of fused-ring (bicyclic) bond motifs is 7. The average Bonchev–Trinajstić information content (AvgIpc) is 2.71. The summed E-state index contributed by atoms with van der Waals surface area (Å²) in [6.07, 6.45) is 15.4. The van der Waals surface area contributed by atoms with E-state index in [1.807, 2.05) is 0 Å². The van der Waals surface area contributed by atoms with E-state index in [1.165, 1.54) is 44.8 Å². The molecule has 0 aromatic rings. The number of aliphatic hydroxyl groups is 1. The molecule has 0 spiro atoms. The van der Waals surface area contributed by atoms with E-state index in [4.69, 9.17) is 0 Å². The van der Waals surface area contributed by atoms with Crippen molar-refractivity contribution in [2.45, 2.75) is 119 Å². The summed E-state index contributed by atoms with van der Waals surface area (Å²) in [5.74, 6) is 1.71. The maximum atomic E-state index is 12.6. The van der Waals surface area contributed by atoms with Gasteiger partial charge in [0.1, 0.15) is 6.29 Å². The fourth-order valence-corrected chi connectivity index (χ4v) is 10.5. The summed E-state index contributed by atoms with van der Waals surface area (Å²) in [7, 11) is 0. The second-order valence-corrected chi connectivity index (χ2v) is 14.9. The molecule has 4 fully saturated rings. The maximum Gasteiger partial charge on any atom is 0.126 e. The number of carbonyl (C=O) groups is 1. The van der Waals surface area contributed by atoms with Gasteiger partial charge >= 0.3 is 0 Å². The molecule has 0 aromatic carbocycles. The monoisotopic (exact) mass is 440 g/mol. The average molecular weight is 441 g/mol. The lowest BCUT2D eigenvalue weighted by atomic mass is 9.33. The fourth-order valence-electron chi connectivity index (χ4n) is 10.5. The van der Waals surface area contributed by atoms with Crippen molar-refractivity contribution in [2.24, 2.45) is 50.2 Å². The molecule has 4 saturated carbocycles. The Balaban J connectivity index is 1.59. The van der Waals surface area contributed by atoms with Crippen molar-refractivity contribution in [1.29, 1.82) is 0 Å². The van der Waals surface area contributed by atoms with Crippen LogP contribution in [0.5, 0.6) is 0 Å². The Morgan fingerprint density at radius 1 is 0.875 bits per heavy atom. The van der Waals surface area contributed by atoms with Gasteiger partial charge in [-0.15, -0.1) is 0 Å². The number of carbonyl (C=O) groups excluding carboxylic acids is 1. The minimum Gasteiger partial charge on any atom is -0.393 e. The first kappa shape index (κ1) is 23.1. The van der Waals surface area contributed by atoms with E-state index in [0.29, 0.717) is 28.6 Å². The Kier molecular flexibility index (Phi) is 4.87. The molecule has 180 valence electrons. The molecule has 0 amide bonds. The lowest BCUT2D eigenvalue weighted by Gasteiger charge is -2.71. The first-order valence-corrected chi connectivity index (χ1v) is 13.6. The first-order chi connectivity index (χ1) is 14.8. The highest BCUT2D eigenvalue weighted by Gasteiger charge is 2.68. The van der Waals surface area contributed by atoms with Crippen LogP contribution in [0, 0.1) is 50.2 Å². The minimum atomic E-state index is -0.164. The molecular formula is C30H48O2. The van der Waals surface area contributed by atoms with Gasteiger partial charge < -0.3 is 9.90 Å². The second kappa shape index (κ2) is 6.73. The van der Waals surface area contributed by atoms with Crippen molar-refractivity contribution in [3.8, 4) is 0 Å². The molecule has 0 aliphatic heterocycles. The lowest BCUT2D eigenvalue weighted by Crippen LogP contribution is -2.64. The number of aliphatic hydroxyl groups excluding tert-OH is 1. The van der Waals surface area contributed by atoms with Gasteiger partial charge in [-0.2, -0.15) is 0 Å². The van der Waals surface area contributed by atoms with Crippen LogP contribution in [0.15, 0.2) is 11.6 Å². The molecule has 0 unspecified atom stereocenters. The maximum absolute atomic E-state index is 12.6. The Morgan fingerprint density at radius 3 is 2.25 bits per heavy atom. The summed E-state index contributed by atoms with van der Waals surface area (Å²) >= 11 is 0. The van der Waals surface area contributed by atoms with Crippen molar-refractivity contribution in [3.63, 3.8) is 0 Å². The Bertz CT molecular complexity index is 838. The van der Waals surface area contributed by atoms with Crippen molar-refractivity contribution >= 4 is 6.29 Å². The molecule has 32 heavy (non-hydrogen) atoms.